The van der Waals surface area contributed by atoms with Crippen LogP contribution in [0.1, 0.15) is 27.0 Å². The molecule has 122 valence electrons. The van der Waals surface area contributed by atoms with Crippen molar-refractivity contribution in [2.75, 3.05) is 0 Å². The van der Waals surface area contributed by atoms with Crippen LogP contribution in [0.25, 0.3) is 0 Å². The second-order valence-electron chi connectivity index (χ2n) is 6.03. The van der Waals surface area contributed by atoms with Crippen LogP contribution < -0.4 is 95.9 Å². The summed E-state index contributed by atoms with van der Waals surface area (Å²) in [6.45, 7) is 0. The molecular formula is C20H10KNaO5. The Labute approximate surface area is 220 Å². The molecule has 0 atom stereocenters. The summed E-state index contributed by atoms with van der Waals surface area (Å²) in [7, 11) is 0. The van der Waals surface area contributed by atoms with Gasteiger partial charge in [-0.05, 0) is 18.2 Å². The molecule has 0 unspecified atom stereocenters. The maximum atomic E-state index is 12.5. The Bertz CT molecular complexity index is 1010. The monoisotopic (exact) mass is 392 g/mol. The van der Waals surface area contributed by atoms with Gasteiger partial charge in [-0.25, -0.2) is 4.79 Å². The number of benzene rings is 3. The van der Waals surface area contributed by atoms with E-state index in [4.69, 9.17) is 9.47 Å². The topological polar surface area (TPSA) is 81.7 Å². The van der Waals surface area contributed by atoms with Crippen molar-refractivity contribution in [2.24, 2.45) is 0 Å². The molecule has 0 aromatic heterocycles. The molecule has 1 spiro atoms. The van der Waals surface area contributed by atoms with Crippen molar-refractivity contribution in [2.45, 2.75) is 5.60 Å². The third-order valence-electron chi connectivity index (χ3n) is 4.66. The number of hydrogen-bond acceptors (Lipinski definition) is 5. The zero-order valence-corrected chi connectivity index (χ0v) is 19.9. The van der Waals surface area contributed by atoms with Crippen LogP contribution >= 0.6 is 0 Å². The number of rotatable bonds is 0. The summed E-state index contributed by atoms with van der Waals surface area (Å²) in [5, 5.41) is 23.6. The smallest absolute Gasteiger partial charge is 0.872 e. The first kappa shape index (κ1) is 20.9. The van der Waals surface area contributed by atoms with E-state index in [1.165, 1.54) is 24.3 Å². The second-order valence-corrected chi connectivity index (χ2v) is 6.03. The minimum absolute atomic E-state index is 0. The molecule has 2 aliphatic rings. The Morgan fingerprint density at radius 2 is 1.33 bits per heavy atom. The first-order valence-corrected chi connectivity index (χ1v) is 7.73. The van der Waals surface area contributed by atoms with Crippen LogP contribution in [0.15, 0.2) is 60.7 Å². The van der Waals surface area contributed by atoms with Crippen LogP contribution in [0, 0.1) is 0 Å². The average molecular weight is 392 g/mol. The van der Waals surface area contributed by atoms with Gasteiger partial charge < -0.3 is 19.7 Å². The molecule has 0 bridgehead atoms. The number of ether oxygens (including phenoxy) is 2. The summed E-state index contributed by atoms with van der Waals surface area (Å²) in [4.78, 5) is 12.5. The van der Waals surface area contributed by atoms with Crippen molar-refractivity contribution in [3.8, 4) is 23.0 Å². The van der Waals surface area contributed by atoms with Crippen LogP contribution in [-0.4, -0.2) is 5.97 Å². The molecule has 0 saturated carbocycles. The molecular weight excluding hydrogens is 382 g/mol. The van der Waals surface area contributed by atoms with Gasteiger partial charge in [0.15, 0.2) is 5.60 Å². The largest absolute Gasteiger partial charge is 1.00 e. The van der Waals surface area contributed by atoms with Crippen molar-refractivity contribution in [1.82, 2.24) is 0 Å². The molecule has 3 aromatic rings. The maximum absolute atomic E-state index is 12.5. The molecule has 2 aliphatic heterocycles. The third kappa shape index (κ3) is 2.99. The summed E-state index contributed by atoms with van der Waals surface area (Å²) in [5.74, 6) is -0.335. The van der Waals surface area contributed by atoms with Crippen molar-refractivity contribution in [1.29, 1.82) is 0 Å². The van der Waals surface area contributed by atoms with Crippen molar-refractivity contribution in [3.63, 3.8) is 0 Å². The molecule has 5 nitrogen and oxygen atoms in total. The second kappa shape index (κ2) is 7.53. The van der Waals surface area contributed by atoms with Gasteiger partial charge in [-0.2, -0.15) is 0 Å². The van der Waals surface area contributed by atoms with E-state index in [-0.39, 0.29) is 104 Å². The van der Waals surface area contributed by atoms with E-state index in [1.807, 2.05) is 12.1 Å². The molecule has 0 radical (unpaired) electrons. The van der Waals surface area contributed by atoms with Gasteiger partial charge in [-0.3, -0.25) is 0 Å². The van der Waals surface area contributed by atoms with Gasteiger partial charge in [0, 0.05) is 16.7 Å². The molecule has 0 aliphatic carbocycles. The summed E-state index contributed by atoms with van der Waals surface area (Å²) < 4.78 is 11.7. The van der Waals surface area contributed by atoms with E-state index in [9.17, 15) is 15.0 Å². The Morgan fingerprint density at radius 1 is 0.778 bits per heavy atom. The first-order valence-electron chi connectivity index (χ1n) is 7.73. The van der Waals surface area contributed by atoms with Gasteiger partial charge in [0.25, 0.3) is 0 Å². The fraction of sp³-hybridized carbons (Fsp3) is 0.0500. The third-order valence-corrected chi connectivity index (χ3v) is 4.66. The van der Waals surface area contributed by atoms with Crippen LogP contribution in [-0.2, 0) is 10.3 Å². The standard InChI is InChI=1S/C20H12O5.K.Na/c21-11-5-7-15-17(9-11)24-18-10-12(22)6-8-16(18)20(15)14-4-2-1-3-13(14)19(23)25-20;;/h1-10,21-22H;;/q;2*+1/p-2. The molecule has 0 fully saturated rings. The van der Waals surface area contributed by atoms with E-state index in [1.54, 1.807) is 24.3 Å². The Hall–Kier alpha value is -0.834. The summed E-state index contributed by atoms with van der Waals surface area (Å²) in [6, 6.07) is 15.8. The van der Waals surface area contributed by atoms with E-state index in [2.05, 4.69) is 0 Å². The first-order chi connectivity index (χ1) is 12.1. The van der Waals surface area contributed by atoms with E-state index >= 15 is 0 Å². The van der Waals surface area contributed by atoms with E-state index < -0.39 is 11.6 Å². The zero-order valence-electron chi connectivity index (χ0n) is 14.8. The molecule has 7 heteroatoms. The van der Waals surface area contributed by atoms with Gasteiger partial charge in [-0.1, -0.05) is 42.5 Å². The molecule has 5 rings (SSSR count). The van der Waals surface area contributed by atoms with Gasteiger partial charge in [0.2, 0.25) is 0 Å². The maximum Gasteiger partial charge on any atom is 1.00 e. The Kier molecular flexibility index (Phi) is 5.83. The minimum Gasteiger partial charge on any atom is -0.872 e. The molecule has 0 saturated heterocycles. The number of esters is 1. The van der Waals surface area contributed by atoms with Crippen LogP contribution in [0.3, 0.4) is 0 Å². The van der Waals surface area contributed by atoms with Gasteiger partial charge in [0.1, 0.15) is 11.5 Å². The zero-order chi connectivity index (χ0) is 17.2. The van der Waals surface area contributed by atoms with Crippen LogP contribution in [0.4, 0.5) is 0 Å². The normalized spacial score (nSPS) is 14.6. The fourth-order valence-corrected chi connectivity index (χ4v) is 3.64. The van der Waals surface area contributed by atoms with Crippen LogP contribution in [0.5, 0.6) is 23.0 Å². The summed E-state index contributed by atoms with van der Waals surface area (Å²) in [5.41, 5.74) is 1.03. The van der Waals surface area contributed by atoms with Gasteiger partial charge in [-0.15, -0.1) is 11.5 Å². The minimum atomic E-state index is -1.22. The summed E-state index contributed by atoms with van der Waals surface area (Å²) in [6.07, 6.45) is 0. The molecule has 27 heavy (non-hydrogen) atoms. The number of hydrogen-bond donors (Lipinski definition) is 0. The van der Waals surface area contributed by atoms with Crippen molar-refractivity contribution >= 4 is 5.97 Å². The summed E-state index contributed by atoms with van der Waals surface area (Å²) >= 11 is 0. The SMILES string of the molecule is O=C1OC2(c3ccc([O-])cc3Oc3cc([O-])ccc32)c2ccccc21.[K+].[Na+]. The van der Waals surface area contributed by atoms with Crippen LogP contribution in [0.2, 0.25) is 0 Å². The van der Waals surface area contributed by atoms with E-state index in [0.29, 0.717) is 22.3 Å². The quantitative estimate of drug-likeness (QED) is 0.292. The Morgan fingerprint density at radius 3 is 1.93 bits per heavy atom. The predicted octanol–water partition coefficient (Wildman–Crippen LogP) is -3.59. The van der Waals surface area contributed by atoms with Crippen molar-refractivity contribution in [3.05, 3.63) is 82.9 Å². The molecule has 2 heterocycles. The Balaban J connectivity index is 0.00000105. The average Bonchev–Trinajstić information content (AvgIpc) is 2.88. The van der Waals surface area contributed by atoms with E-state index in [0.717, 1.165) is 0 Å². The predicted molar refractivity (Wildman–Crippen MR) is 83.6 cm³/mol. The molecule has 0 N–H and O–H groups in total. The molecule has 0 amide bonds. The fourth-order valence-electron chi connectivity index (χ4n) is 3.64. The van der Waals surface area contributed by atoms with Gasteiger partial charge in [0.05, 0.1) is 5.56 Å². The number of carbonyl (C=O) groups excluding carboxylic acids is 1. The van der Waals surface area contributed by atoms with Gasteiger partial charge >= 0.3 is 86.9 Å². The number of carbonyl (C=O) groups is 1. The molecule has 3 aromatic carbocycles. The number of fused-ring (bicyclic) bond motifs is 6. The van der Waals surface area contributed by atoms with Crippen molar-refractivity contribution < 1.29 is 105 Å².